The topological polar surface area (TPSA) is 52.8 Å². The molecule has 0 radical (unpaired) electrons. The molecule has 0 unspecified atom stereocenters. The van der Waals surface area contributed by atoms with E-state index in [-0.39, 0.29) is 5.41 Å². The molecule has 0 atom stereocenters. The van der Waals surface area contributed by atoms with Crippen LogP contribution in [0.3, 0.4) is 0 Å². The van der Waals surface area contributed by atoms with Crippen LogP contribution in [0.1, 0.15) is 42.4 Å². The summed E-state index contributed by atoms with van der Waals surface area (Å²) in [4.78, 5) is 16.8. The number of nitrogens with zero attached hydrogens (tertiary/aromatic N) is 2. The number of esters is 1. The van der Waals surface area contributed by atoms with Crippen molar-refractivity contribution in [2.75, 3.05) is 7.11 Å². The van der Waals surface area contributed by atoms with Crippen LogP contribution in [-0.4, -0.2) is 22.5 Å². The lowest BCUT2D eigenvalue weighted by Gasteiger charge is -2.13. The molecule has 2 heterocycles. The Morgan fingerprint density at radius 3 is 2.52 bits per heavy atom. The van der Waals surface area contributed by atoms with E-state index < -0.39 is 5.97 Å². The standard InChI is InChI=1S/C20H22N2O3/c1-20(2,3)17-12-22-11-15(19(23)24-4)16(10-18(22)21-17)25-13-14-8-6-5-7-9-14/h5-12H,13H2,1-4H3. The zero-order valence-corrected chi connectivity index (χ0v) is 14.9. The quantitative estimate of drug-likeness (QED) is 0.675. The molecule has 5 heteroatoms. The van der Waals surface area contributed by atoms with Gasteiger partial charge in [-0.1, -0.05) is 51.1 Å². The molecule has 3 rings (SSSR count). The van der Waals surface area contributed by atoms with Crippen LogP contribution in [-0.2, 0) is 16.8 Å². The number of carbonyl (C=O) groups is 1. The molecule has 0 fully saturated rings. The summed E-state index contributed by atoms with van der Waals surface area (Å²) in [6.45, 7) is 6.67. The Kier molecular flexibility index (Phi) is 4.49. The van der Waals surface area contributed by atoms with Crippen molar-refractivity contribution in [2.45, 2.75) is 32.8 Å². The molecule has 5 nitrogen and oxygen atoms in total. The number of ether oxygens (including phenoxy) is 2. The van der Waals surface area contributed by atoms with E-state index in [4.69, 9.17) is 9.47 Å². The first-order valence-corrected chi connectivity index (χ1v) is 8.17. The van der Waals surface area contributed by atoms with Crippen molar-refractivity contribution in [3.8, 4) is 5.75 Å². The highest BCUT2D eigenvalue weighted by Gasteiger charge is 2.21. The second-order valence-electron chi connectivity index (χ2n) is 6.96. The number of methoxy groups -OCH3 is 1. The monoisotopic (exact) mass is 338 g/mol. The number of imidazole rings is 1. The van der Waals surface area contributed by atoms with Crippen LogP contribution in [0.4, 0.5) is 0 Å². The Labute approximate surface area is 147 Å². The summed E-state index contributed by atoms with van der Waals surface area (Å²) in [6, 6.07) is 11.6. The first-order chi connectivity index (χ1) is 11.9. The van der Waals surface area contributed by atoms with Crippen LogP contribution < -0.4 is 4.74 Å². The molecule has 130 valence electrons. The molecule has 0 amide bonds. The van der Waals surface area contributed by atoms with Gasteiger partial charge in [-0.15, -0.1) is 0 Å². The molecule has 0 bridgehead atoms. The Hall–Kier alpha value is -2.82. The zero-order chi connectivity index (χ0) is 18.0. The van der Waals surface area contributed by atoms with Crippen molar-refractivity contribution >= 4 is 11.6 Å². The fourth-order valence-corrected chi connectivity index (χ4v) is 2.50. The van der Waals surface area contributed by atoms with Crippen molar-refractivity contribution in [1.82, 2.24) is 9.38 Å². The third-order valence-corrected chi connectivity index (χ3v) is 3.97. The molecule has 25 heavy (non-hydrogen) atoms. The number of rotatable bonds is 4. The maximum Gasteiger partial charge on any atom is 0.343 e. The smallest absolute Gasteiger partial charge is 0.343 e. The van der Waals surface area contributed by atoms with E-state index in [2.05, 4.69) is 25.8 Å². The van der Waals surface area contributed by atoms with Gasteiger partial charge in [0.15, 0.2) is 0 Å². The van der Waals surface area contributed by atoms with Crippen LogP contribution >= 0.6 is 0 Å². The lowest BCUT2D eigenvalue weighted by Crippen LogP contribution is -2.11. The molecular formula is C20H22N2O3. The third kappa shape index (κ3) is 3.65. The highest BCUT2D eigenvalue weighted by molar-refractivity contribution is 5.92. The van der Waals surface area contributed by atoms with Crippen LogP contribution in [0.15, 0.2) is 48.8 Å². The maximum atomic E-state index is 12.2. The van der Waals surface area contributed by atoms with E-state index in [1.165, 1.54) is 7.11 Å². The van der Waals surface area contributed by atoms with Crippen molar-refractivity contribution < 1.29 is 14.3 Å². The number of fused-ring (bicyclic) bond motifs is 1. The minimum atomic E-state index is -0.434. The van der Waals surface area contributed by atoms with Crippen LogP contribution in [0.2, 0.25) is 0 Å². The summed E-state index contributed by atoms with van der Waals surface area (Å²) in [7, 11) is 1.36. The van der Waals surface area contributed by atoms with E-state index >= 15 is 0 Å². The Bertz CT molecular complexity index is 892. The number of carbonyl (C=O) groups excluding carboxylic acids is 1. The maximum absolute atomic E-state index is 12.2. The third-order valence-electron chi connectivity index (χ3n) is 3.97. The number of benzene rings is 1. The highest BCUT2D eigenvalue weighted by Crippen LogP contribution is 2.27. The number of aromatic nitrogens is 2. The summed E-state index contributed by atoms with van der Waals surface area (Å²) in [5, 5.41) is 0. The minimum Gasteiger partial charge on any atom is -0.488 e. The molecule has 0 spiro atoms. The van der Waals surface area contributed by atoms with E-state index in [9.17, 15) is 4.79 Å². The van der Waals surface area contributed by atoms with Crippen molar-refractivity contribution in [2.24, 2.45) is 0 Å². The van der Waals surface area contributed by atoms with Gasteiger partial charge in [0.1, 0.15) is 23.6 Å². The SMILES string of the molecule is COC(=O)c1cn2cc(C(C)(C)C)nc2cc1OCc1ccccc1. The molecule has 0 N–H and O–H groups in total. The predicted molar refractivity (Wildman–Crippen MR) is 96.0 cm³/mol. The summed E-state index contributed by atoms with van der Waals surface area (Å²) < 4.78 is 12.6. The van der Waals surface area contributed by atoms with E-state index in [0.717, 1.165) is 16.9 Å². The summed E-state index contributed by atoms with van der Waals surface area (Å²) >= 11 is 0. The second-order valence-corrected chi connectivity index (χ2v) is 6.96. The molecule has 0 aliphatic carbocycles. The highest BCUT2D eigenvalue weighted by atomic mass is 16.5. The Balaban J connectivity index is 2.00. The summed E-state index contributed by atoms with van der Waals surface area (Å²) in [5.41, 5.74) is 3.01. The van der Waals surface area contributed by atoms with Gasteiger partial charge in [0.2, 0.25) is 0 Å². The molecule has 0 saturated heterocycles. The predicted octanol–water partition coefficient (Wildman–Crippen LogP) is 4.00. The number of pyridine rings is 1. The molecule has 3 aromatic rings. The van der Waals surface area contributed by atoms with Gasteiger partial charge in [0.05, 0.1) is 12.8 Å². The van der Waals surface area contributed by atoms with Gasteiger partial charge < -0.3 is 13.9 Å². The lowest BCUT2D eigenvalue weighted by atomic mass is 9.93. The Morgan fingerprint density at radius 2 is 1.88 bits per heavy atom. The van der Waals surface area contributed by atoms with Gasteiger partial charge in [0, 0.05) is 23.9 Å². The first kappa shape index (κ1) is 17.0. The number of hydrogen-bond donors (Lipinski definition) is 0. The molecular weight excluding hydrogens is 316 g/mol. The van der Waals surface area contributed by atoms with E-state index in [1.54, 1.807) is 12.3 Å². The average Bonchev–Trinajstić information content (AvgIpc) is 3.02. The van der Waals surface area contributed by atoms with Crippen LogP contribution in [0.5, 0.6) is 5.75 Å². The number of hydrogen-bond acceptors (Lipinski definition) is 4. The summed E-state index contributed by atoms with van der Waals surface area (Å²) in [6.07, 6.45) is 3.65. The van der Waals surface area contributed by atoms with Gasteiger partial charge in [-0.25, -0.2) is 9.78 Å². The van der Waals surface area contributed by atoms with Gasteiger partial charge in [-0.2, -0.15) is 0 Å². The zero-order valence-electron chi connectivity index (χ0n) is 14.9. The lowest BCUT2D eigenvalue weighted by molar-refractivity contribution is 0.0595. The molecule has 1 aromatic carbocycles. The summed E-state index contributed by atoms with van der Waals surface area (Å²) in [5.74, 6) is 0.0326. The first-order valence-electron chi connectivity index (χ1n) is 8.17. The van der Waals surface area contributed by atoms with Gasteiger partial charge in [-0.3, -0.25) is 0 Å². The Morgan fingerprint density at radius 1 is 1.16 bits per heavy atom. The molecule has 0 aliphatic rings. The molecule has 0 saturated carbocycles. The molecule has 0 aliphatic heterocycles. The van der Waals surface area contributed by atoms with Crippen molar-refractivity contribution in [3.63, 3.8) is 0 Å². The average molecular weight is 338 g/mol. The van der Waals surface area contributed by atoms with Gasteiger partial charge in [0.25, 0.3) is 0 Å². The van der Waals surface area contributed by atoms with E-state index in [0.29, 0.717) is 17.9 Å². The van der Waals surface area contributed by atoms with Crippen molar-refractivity contribution in [1.29, 1.82) is 0 Å². The fraction of sp³-hybridized carbons (Fsp3) is 0.300. The van der Waals surface area contributed by atoms with Gasteiger partial charge >= 0.3 is 5.97 Å². The van der Waals surface area contributed by atoms with Gasteiger partial charge in [-0.05, 0) is 5.56 Å². The normalized spacial score (nSPS) is 11.5. The molecule has 2 aromatic heterocycles. The van der Waals surface area contributed by atoms with E-state index in [1.807, 2.05) is 40.9 Å². The second kappa shape index (κ2) is 6.59. The van der Waals surface area contributed by atoms with Crippen LogP contribution in [0.25, 0.3) is 5.65 Å². The minimum absolute atomic E-state index is 0.0808. The van der Waals surface area contributed by atoms with Crippen LogP contribution in [0, 0.1) is 0 Å². The van der Waals surface area contributed by atoms with Crippen molar-refractivity contribution in [3.05, 3.63) is 65.6 Å². The fourth-order valence-electron chi connectivity index (χ4n) is 2.50. The largest absolute Gasteiger partial charge is 0.488 e.